The van der Waals surface area contributed by atoms with E-state index in [0.717, 1.165) is 30.1 Å². The topological polar surface area (TPSA) is 62.0 Å². The number of aromatic amines is 1. The lowest BCUT2D eigenvalue weighted by molar-refractivity contribution is 0.591. The monoisotopic (exact) mass is 332 g/mol. The standard InChI is InChI=1S/C17H17FN2O2S/c1-19-8-7-12-5-6-15-16(9-12)20-11-17(15)23(21,22)14-4-2-3-13(18)10-14/h2-6,9-11,19-20H,7-8H2,1H3. The van der Waals surface area contributed by atoms with Crippen LogP contribution < -0.4 is 5.32 Å². The average Bonchev–Trinajstić information content (AvgIpc) is 2.96. The summed E-state index contributed by atoms with van der Waals surface area (Å²) in [5, 5.41) is 3.69. The van der Waals surface area contributed by atoms with Crippen LogP contribution in [0.5, 0.6) is 0 Å². The van der Waals surface area contributed by atoms with E-state index in [9.17, 15) is 12.8 Å². The molecule has 23 heavy (non-hydrogen) atoms. The maximum absolute atomic E-state index is 13.3. The Bertz CT molecular complexity index is 948. The first-order valence-corrected chi connectivity index (χ1v) is 8.76. The van der Waals surface area contributed by atoms with E-state index < -0.39 is 15.7 Å². The summed E-state index contributed by atoms with van der Waals surface area (Å²) >= 11 is 0. The highest BCUT2D eigenvalue weighted by Crippen LogP contribution is 2.29. The van der Waals surface area contributed by atoms with Crippen LogP contribution in [-0.4, -0.2) is 27.0 Å². The maximum Gasteiger partial charge on any atom is 0.208 e. The van der Waals surface area contributed by atoms with Gasteiger partial charge in [-0.3, -0.25) is 0 Å². The number of sulfone groups is 1. The Morgan fingerprint density at radius 1 is 1.17 bits per heavy atom. The van der Waals surface area contributed by atoms with E-state index in [0.29, 0.717) is 5.39 Å². The fraction of sp³-hybridized carbons (Fsp3) is 0.176. The lowest BCUT2D eigenvalue weighted by atomic mass is 10.1. The van der Waals surface area contributed by atoms with Gasteiger partial charge in [-0.2, -0.15) is 0 Å². The van der Waals surface area contributed by atoms with Crippen molar-refractivity contribution < 1.29 is 12.8 Å². The summed E-state index contributed by atoms with van der Waals surface area (Å²) in [6, 6.07) is 10.7. The van der Waals surface area contributed by atoms with Gasteiger partial charge in [0.15, 0.2) is 0 Å². The Kier molecular flexibility index (Phi) is 4.19. The number of rotatable bonds is 5. The number of halogens is 1. The number of nitrogens with one attached hydrogen (secondary N) is 2. The van der Waals surface area contributed by atoms with Crippen molar-refractivity contribution in [3.8, 4) is 0 Å². The minimum Gasteiger partial charge on any atom is -0.360 e. The minimum atomic E-state index is -3.76. The van der Waals surface area contributed by atoms with Crippen molar-refractivity contribution in [2.45, 2.75) is 16.2 Å². The van der Waals surface area contributed by atoms with Crippen LogP contribution in [0.3, 0.4) is 0 Å². The van der Waals surface area contributed by atoms with Crippen LogP contribution in [0.15, 0.2) is 58.5 Å². The van der Waals surface area contributed by atoms with E-state index in [-0.39, 0.29) is 9.79 Å². The summed E-state index contributed by atoms with van der Waals surface area (Å²) in [4.78, 5) is 3.12. The highest BCUT2D eigenvalue weighted by atomic mass is 32.2. The van der Waals surface area contributed by atoms with Crippen LogP contribution >= 0.6 is 0 Å². The number of H-pyrrole nitrogens is 1. The van der Waals surface area contributed by atoms with Gasteiger partial charge in [0.25, 0.3) is 0 Å². The van der Waals surface area contributed by atoms with Crippen molar-refractivity contribution in [2.24, 2.45) is 0 Å². The normalized spacial score (nSPS) is 11.9. The van der Waals surface area contributed by atoms with E-state index in [1.807, 2.05) is 19.2 Å². The lowest BCUT2D eigenvalue weighted by Gasteiger charge is -2.04. The number of aromatic nitrogens is 1. The van der Waals surface area contributed by atoms with Gasteiger partial charge in [0, 0.05) is 17.1 Å². The zero-order valence-corrected chi connectivity index (χ0v) is 13.5. The third-order valence-electron chi connectivity index (χ3n) is 3.77. The first-order valence-electron chi connectivity index (χ1n) is 7.27. The quantitative estimate of drug-likeness (QED) is 0.755. The van der Waals surface area contributed by atoms with Gasteiger partial charge >= 0.3 is 0 Å². The van der Waals surface area contributed by atoms with Crippen LogP contribution in [0.4, 0.5) is 4.39 Å². The van der Waals surface area contributed by atoms with Crippen molar-refractivity contribution in [3.05, 3.63) is 60.0 Å². The van der Waals surface area contributed by atoms with E-state index in [1.54, 1.807) is 6.07 Å². The molecule has 0 bridgehead atoms. The zero-order chi connectivity index (χ0) is 16.4. The van der Waals surface area contributed by atoms with Gasteiger partial charge in [0.2, 0.25) is 9.84 Å². The molecule has 0 radical (unpaired) electrons. The average molecular weight is 332 g/mol. The van der Waals surface area contributed by atoms with E-state index in [4.69, 9.17) is 0 Å². The fourth-order valence-corrected chi connectivity index (χ4v) is 4.02. The summed E-state index contributed by atoms with van der Waals surface area (Å²) in [5.41, 5.74) is 1.87. The Balaban J connectivity index is 2.06. The number of benzene rings is 2. The molecule has 2 aromatic carbocycles. The summed E-state index contributed by atoms with van der Waals surface area (Å²) < 4.78 is 38.8. The van der Waals surface area contributed by atoms with Gasteiger partial charge in [0.05, 0.1) is 9.79 Å². The predicted molar refractivity (Wildman–Crippen MR) is 87.8 cm³/mol. The molecule has 3 aromatic rings. The van der Waals surface area contributed by atoms with Crippen LogP contribution in [-0.2, 0) is 16.3 Å². The summed E-state index contributed by atoms with van der Waals surface area (Å²) in [5.74, 6) is -0.569. The Morgan fingerprint density at radius 3 is 2.74 bits per heavy atom. The highest BCUT2D eigenvalue weighted by Gasteiger charge is 2.22. The molecule has 0 aliphatic heterocycles. The van der Waals surface area contributed by atoms with Crippen LogP contribution in [0.2, 0.25) is 0 Å². The second-order valence-corrected chi connectivity index (χ2v) is 7.27. The van der Waals surface area contributed by atoms with Crippen LogP contribution in [0.25, 0.3) is 10.9 Å². The Hall–Kier alpha value is -2.18. The molecule has 0 aliphatic carbocycles. The van der Waals surface area contributed by atoms with E-state index in [2.05, 4.69) is 10.3 Å². The molecule has 0 aliphatic rings. The third kappa shape index (κ3) is 3.00. The largest absolute Gasteiger partial charge is 0.360 e. The van der Waals surface area contributed by atoms with Crippen molar-refractivity contribution >= 4 is 20.7 Å². The van der Waals surface area contributed by atoms with E-state index >= 15 is 0 Å². The molecule has 0 unspecified atom stereocenters. The van der Waals surface area contributed by atoms with Crippen molar-refractivity contribution in [2.75, 3.05) is 13.6 Å². The van der Waals surface area contributed by atoms with Gasteiger partial charge in [-0.05, 0) is 49.8 Å². The fourth-order valence-electron chi connectivity index (χ4n) is 2.56. The molecule has 0 saturated heterocycles. The van der Waals surface area contributed by atoms with Crippen LogP contribution in [0.1, 0.15) is 5.56 Å². The maximum atomic E-state index is 13.3. The second kappa shape index (κ2) is 6.14. The molecule has 6 heteroatoms. The zero-order valence-electron chi connectivity index (χ0n) is 12.6. The molecule has 0 fully saturated rings. The molecule has 3 rings (SSSR count). The van der Waals surface area contributed by atoms with Crippen LogP contribution in [0, 0.1) is 5.82 Å². The molecular formula is C17H17FN2O2S. The molecule has 0 atom stereocenters. The molecular weight excluding hydrogens is 315 g/mol. The first-order chi connectivity index (χ1) is 11.0. The second-order valence-electron chi connectivity index (χ2n) is 5.35. The van der Waals surface area contributed by atoms with Crippen molar-refractivity contribution in [1.82, 2.24) is 10.3 Å². The molecule has 1 heterocycles. The number of fused-ring (bicyclic) bond motifs is 1. The lowest BCUT2D eigenvalue weighted by Crippen LogP contribution is -2.10. The Morgan fingerprint density at radius 2 is 2.00 bits per heavy atom. The third-order valence-corrected chi connectivity index (χ3v) is 5.56. The highest BCUT2D eigenvalue weighted by molar-refractivity contribution is 7.91. The molecule has 4 nitrogen and oxygen atoms in total. The molecule has 0 amide bonds. The molecule has 120 valence electrons. The van der Waals surface area contributed by atoms with E-state index in [1.165, 1.54) is 24.4 Å². The number of hydrogen-bond acceptors (Lipinski definition) is 3. The molecule has 0 spiro atoms. The smallest absolute Gasteiger partial charge is 0.208 e. The first kappa shape index (κ1) is 15.7. The summed E-state index contributed by atoms with van der Waals surface area (Å²) in [6.45, 7) is 0.848. The SMILES string of the molecule is CNCCc1ccc2c(S(=O)(=O)c3cccc(F)c3)c[nH]c2c1. The summed E-state index contributed by atoms with van der Waals surface area (Å²) in [7, 11) is -1.87. The van der Waals surface area contributed by atoms with Gasteiger partial charge in [-0.15, -0.1) is 0 Å². The predicted octanol–water partition coefficient (Wildman–Crippen LogP) is 2.90. The number of hydrogen-bond donors (Lipinski definition) is 2. The molecule has 2 N–H and O–H groups in total. The van der Waals surface area contributed by atoms with Gasteiger partial charge < -0.3 is 10.3 Å². The molecule has 0 saturated carbocycles. The molecule has 1 aromatic heterocycles. The van der Waals surface area contributed by atoms with Crippen molar-refractivity contribution in [3.63, 3.8) is 0 Å². The summed E-state index contributed by atoms with van der Waals surface area (Å²) in [6.07, 6.45) is 2.32. The van der Waals surface area contributed by atoms with Gasteiger partial charge in [0.1, 0.15) is 5.82 Å². The minimum absolute atomic E-state index is 0.0438. The van der Waals surface area contributed by atoms with Crippen molar-refractivity contribution in [1.29, 1.82) is 0 Å². The van der Waals surface area contributed by atoms with Gasteiger partial charge in [-0.1, -0.05) is 18.2 Å². The number of likely N-dealkylation sites (N-methyl/N-ethyl adjacent to an activating group) is 1. The van der Waals surface area contributed by atoms with Gasteiger partial charge in [-0.25, -0.2) is 12.8 Å². The Labute approximate surface area is 134 Å².